The van der Waals surface area contributed by atoms with Crippen LogP contribution in [0.3, 0.4) is 0 Å². The van der Waals surface area contributed by atoms with Crippen molar-refractivity contribution in [2.45, 2.75) is 67.9 Å². The molecule has 2 heterocycles. The van der Waals surface area contributed by atoms with Crippen molar-refractivity contribution in [3.05, 3.63) is 69.9 Å². The van der Waals surface area contributed by atoms with Gasteiger partial charge in [-0.1, -0.05) is 53.7 Å². The van der Waals surface area contributed by atoms with E-state index in [2.05, 4.69) is 66.8 Å². The van der Waals surface area contributed by atoms with Crippen molar-refractivity contribution in [2.24, 2.45) is 5.92 Å². The van der Waals surface area contributed by atoms with Gasteiger partial charge < -0.3 is 15.4 Å². The number of hydrogen-bond acceptors (Lipinski definition) is 6. The number of aromatic nitrogens is 3. The second kappa shape index (κ2) is 16.1. The van der Waals surface area contributed by atoms with E-state index in [0.29, 0.717) is 39.2 Å². The SMILES string of the molecule is C=c1nc(NC(C)c2cc(NC(=O)c3cnc(OC)c(C)c3)ccc2F)cn/c1=C/C.CC(C)C.CCC. The molecule has 1 aromatic carbocycles. The molecule has 0 bridgehead atoms. The van der Waals surface area contributed by atoms with E-state index >= 15 is 0 Å². The lowest BCUT2D eigenvalue weighted by atomic mass is 10.1. The Bertz CT molecular complexity index is 1290. The lowest BCUT2D eigenvalue weighted by Gasteiger charge is -2.17. The van der Waals surface area contributed by atoms with Crippen LogP contribution in [0.2, 0.25) is 0 Å². The number of carbonyl (C=O) groups is 1. The molecule has 0 aliphatic heterocycles. The molecule has 2 aromatic heterocycles. The molecule has 3 rings (SSSR count). The monoisotopic (exact) mass is 523 g/mol. The molecule has 8 heteroatoms. The van der Waals surface area contributed by atoms with Crippen molar-refractivity contribution in [1.29, 1.82) is 0 Å². The number of ether oxygens (including phenoxy) is 1. The molecule has 7 nitrogen and oxygen atoms in total. The zero-order valence-electron chi connectivity index (χ0n) is 24.1. The topological polar surface area (TPSA) is 89.0 Å². The maximum absolute atomic E-state index is 14.5. The molecule has 206 valence electrons. The highest BCUT2D eigenvalue weighted by Gasteiger charge is 2.15. The molecule has 0 radical (unpaired) electrons. The number of rotatable bonds is 6. The summed E-state index contributed by atoms with van der Waals surface area (Å²) in [5, 5.41) is 7.12. The van der Waals surface area contributed by atoms with Gasteiger partial charge in [0.2, 0.25) is 5.88 Å². The van der Waals surface area contributed by atoms with Gasteiger partial charge in [0, 0.05) is 23.0 Å². The van der Waals surface area contributed by atoms with Crippen LogP contribution in [0.4, 0.5) is 15.9 Å². The Morgan fingerprint density at radius 1 is 1.13 bits per heavy atom. The first-order valence-electron chi connectivity index (χ1n) is 12.8. The number of halogens is 1. The fourth-order valence-electron chi connectivity index (χ4n) is 3.10. The molecule has 1 atom stereocenters. The van der Waals surface area contributed by atoms with Crippen LogP contribution in [0.5, 0.6) is 5.88 Å². The number of amides is 1. The lowest BCUT2D eigenvalue weighted by molar-refractivity contribution is 0.102. The summed E-state index contributed by atoms with van der Waals surface area (Å²) in [7, 11) is 1.52. The quantitative estimate of drug-likeness (QED) is 0.409. The van der Waals surface area contributed by atoms with E-state index < -0.39 is 11.9 Å². The molecular weight excluding hydrogens is 481 g/mol. The Morgan fingerprint density at radius 2 is 1.76 bits per heavy atom. The van der Waals surface area contributed by atoms with Gasteiger partial charge >= 0.3 is 0 Å². The fourth-order valence-corrected chi connectivity index (χ4v) is 3.10. The summed E-state index contributed by atoms with van der Waals surface area (Å²) >= 11 is 0. The number of carbonyl (C=O) groups excluding carboxylic acids is 1. The number of nitrogens with zero attached hydrogens (tertiary/aromatic N) is 3. The third-order valence-electron chi connectivity index (χ3n) is 4.72. The zero-order valence-corrected chi connectivity index (χ0v) is 24.1. The van der Waals surface area contributed by atoms with Crippen LogP contribution in [-0.2, 0) is 0 Å². The molecule has 0 fully saturated rings. The van der Waals surface area contributed by atoms with Gasteiger partial charge in [-0.25, -0.2) is 14.4 Å². The molecule has 0 saturated carbocycles. The van der Waals surface area contributed by atoms with Gasteiger partial charge in [-0.05, 0) is 51.0 Å². The van der Waals surface area contributed by atoms with Crippen LogP contribution in [-0.4, -0.2) is 28.0 Å². The highest BCUT2D eigenvalue weighted by Crippen LogP contribution is 2.24. The number of benzene rings is 1. The Morgan fingerprint density at radius 3 is 2.29 bits per heavy atom. The predicted octanol–water partition coefficient (Wildman–Crippen LogP) is 6.04. The summed E-state index contributed by atoms with van der Waals surface area (Å²) in [5.74, 6) is 1.02. The molecule has 38 heavy (non-hydrogen) atoms. The van der Waals surface area contributed by atoms with Crippen molar-refractivity contribution in [3.63, 3.8) is 0 Å². The van der Waals surface area contributed by atoms with E-state index in [9.17, 15) is 9.18 Å². The standard InChI is InChI=1S/C23H24FN5O2.C4H10.C3H8/c1-6-20-15(4)28-21(12-25-20)27-14(3)18-10-17(7-8-19(18)24)29-22(30)16-9-13(2)23(31-5)26-11-16;1-4(2)3;1-3-2/h6-12,14H,4H2,1-3,5H3,(H,27,28)(H,29,30);4H,1-3H3;3H2,1-2H3/b20-6+;;. The summed E-state index contributed by atoms with van der Waals surface area (Å²) in [6, 6.07) is 5.66. The fraction of sp³-hybridized carbons (Fsp3) is 0.400. The first-order valence-corrected chi connectivity index (χ1v) is 12.8. The molecular formula is C30H42FN5O2. The third kappa shape index (κ3) is 10.3. The van der Waals surface area contributed by atoms with Crippen molar-refractivity contribution < 1.29 is 13.9 Å². The van der Waals surface area contributed by atoms with Crippen molar-refractivity contribution >= 4 is 30.1 Å². The van der Waals surface area contributed by atoms with Crippen LogP contribution < -0.4 is 26.1 Å². The van der Waals surface area contributed by atoms with Crippen LogP contribution in [0.1, 0.15) is 82.4 Å². The number of pyridine rings is 1. The minimum absolute atomic E-state index is 0.351. The third-order valence-corrected chi connectivity index (χ3v) is 4.72. The summed E-state index contributed by atoms with van der Waals surface area (Å²) in [6.07, 6.45) is 6.07. The normalized spacial score (nSPS) is 11.5. The van der Waals surface area contributed by atoms with E-state index in [1.807, 2.05) is 13.0 Å². The smallest absolute Gasteiger partial charge is 0.257 e. The van der Waals surface area contributed by atoms with Crippen molar-refractivity contribution in [2.75, 3.05) is 17.7 Å². The molecule has 0 aliphatic carbocycles. The van der Waals surface area contributed by atoms with Gasteiger partial charge in [0.15, 0.2) is 0 Å². The highest BCUT2D eigenvalue weighted by molar-refractivity contribution is 6.04. The molecule has 2 N–H and O–H groups in total. The molecule has 1 amide bonds. The van der Waals surface area contributed by atoms with Gasteiger partial charge in [-0.2, -0.15) is 0 Å². The van der Waals surface area contributed by atoms with Crippen LogP contribution in [0.15, 0.2) is 36.7 Å². The number of methoxy groups -OCH3 is 1. The minimum Gasteiger partial charge on any atom is -0.481 e. The van der Waals surface area contributed by atoms with Gasteiger partial charge in [0.1, 0.15) is 11.6 Å². The van der Waals surface area contributed by atoms with Crippen LogP contribution in [0.25, 0.3) is 12.7 Å². The first kappa shape index (κ1) is 32.2. The average Bonchev–Trinajstić information content (AvgIpc) is 2.85. The largest absolute Gasteiger partial charge is 0.481 e. The maximum Gasteiger partial charge on any atom is 0.257 e. The Balaban J connectivity index is 0.000000923. The summed E-state index contributed by atoms with van der Waals surface area (Å²) in [5.41, 5.74) is 1.95. The van der Waals surface area contributed by atoms with Crippen molar-refractivity contribution in [3.8, 4) is 5.88 Å². The molecule has 0 spiro atoms. The number of nitrogens with one attached hydrogen (secondary N) is 2. The van der Waals surface area contributed by atoms with Crippen LogP contribution >= 0.6 is 0 Å². The lowest BCUT2D eigenvalue weighted by Crippen LogP contribution is -2.30. The average molecular weight is 524 g/mol. The Kier molecular flexibility index (Phi) is 13.7. The van der Waals surface area contributed by atoms with Gasteiger partial charge in [0.25, 0.3) is 5.91 Å². The second-order valence-corrected chi connectivity index (χ2v) is 9.42. The molecule has 3 aromatic rings. The molecule has 1 unspecified atom stereocenters. The van der Waals surface area contributed by atoms with Gasteiger partial charge in [-0.15, -0.1) is 0 Å². The molecule has 0 aliphatic rings. The Hall–Kier alpha value is -3.81. The van der Waals surface area contributed by atoms with E-state index in [1.165, 1.54) is 31.9 Å². The first-order chi connectivity index (χ1) is 18.0. The summed E-state index contributed by atoms with van der Waals surface area (Å²) in [4.78, 5) is 25.3. The van der Waals surface area contributed by atoms with E-state index in [4.69, 9.17) is 4.74 Å². The summed E-state index contributed by atoms with van der Waals surface area (Å²) < 4.78 is 19.6. The number of anilines is 2. The molecule has 0 saturated heterocycles. The number of aryl methyl sites for hydroxylation is 1. The predicted molar refractivity (Wildman–Crippen MR) is 155 cm³/mol. The van der Waals surface area contributed by atoms with Crippen molar-refractivity contribution in [1.82, 2.24) is 15.0 Å². The maximum atomic E-state index is 14.5. The second-order valence-electron chi connectivity index (χ2n) is 9.42. The van der Waals surface area contributed by atoms with Gasteiger partial charge in [-0.3, -0.25) is 9.78 Å². The van der Waals surface area contributed by atoms with E-state index in [0.717, 1.165) is 11.5 Å². The van der Waals surface area contributed by atoms with E-state index in [-0.39, 0.29) is 5.91 Å². The number of hydrogen-bond donors (Lipinski definition) is 2. The minimum atomic E-state index is -0.424. The van der Waals surface area contributed by atoms with Gasteiger partial charge in [0.05, 0.1) is 35.6 Å². The van der Waals surface area contributed by atoms with E-state index in [1.54, 1.807) is 32.2 Å². The highest BCUT2D eigenvalue weighted by atomic mass is 19.1. The van der Waals surface area contributed by atoms with Crippen LogP contribution in [0, 0.1) is 18.7 Å². The zero-order chi connectivity index (χ0) is 28.8. The summed E-state index contributed by atoms with van der Waals surface area (Å²) in [6.45, 7) is 20.1. The Labute approximate surface area is 226 Å².